The highest BCUT2D eigenvalue weighted by molar-refractivity contribution is 9.11. The lowest BCUT2D eigenvalue weighted by Crippen LogP contribution is -2.29. The number of carboxylic acid groups (broad SMARTS) is 2. The number of nitrogens with zero attached hydrogens (tertiary/aromatic N) is 3. The van der Waals surface area contributed by atoms with Crippen molar-refractivity contribution in [3.05, 3.63) is 78.9 Å². The molecule has 0 saturated heterocycles. The van der Waals surface area contributed by atoms with Crippen molar-refractivity contribution in [3.8, 4) is 5.75 Å². The van der Waals surface area contributed by atoms with E-state index < -0.39 is 11.9 Å². The van der Waals surface area contributed by atoms with E-state index in [1.54, 1.807) is 26.0 Å². The van der Waals surface area contributed by atoms with Gasteiger partial charge in [0, 0.05) is 0 Å². The van der Waals surface area contributed by atoms with E-state index in [2.05, 4.69) is 62.7 Å². The quantitative estimate of drug-likeness (QED) is 0.221. The summed E-state index contributed by atoms with van der Waals surface area (Å²) in [6, 6.07) is 9.61. The van der Waals surface area contributed by atoms with Crippen molar-refractivity contribution in [1.29, 1.82) is 0 Å². The van der Waals surface area contributed by atoms with Crippen LogP contribution in [0.15, 0.2) is 50.2 Å². The normalized spacial score (nSPS) is 20.4. The molecule has 2 aliphatic rings. The molecule has 0 spiro atoms. The molecule has 9 nitrogen and oxygen atoms in total. The molecule has 3 N–H and O–H groups in total. The highest BCUT2D eigenvalue weighted by Crippen LogP contribution is 2.29. The third-order valence-corrected chi connectivity index (χ3v) is 8.57. The fourth-order valence-electron chi connectivity index (χ4n) is 4.71. The number of aryl methyl sites for hydroxylation is 3. The summed E-state index contributed by atoms with van der Waals surface area (Å²) in [4.78, 5) is 33.3. The Kier molecular flexibility index (Phi) is 17.2. The van der Waals surface area contributed by atoms with Crippen LogP contribution in [0.25, 0.3) is 0 Å². The van der Waals surface area contributed by atoms with Gasteiger partial charge in [-0.25, -0.2) is 23.7 Å². The Bertz CT molecular complexity index is 1400. The molecule has 14 heteroatoms. The number of hydrogen-bond donors (Lipinski definition) is 3. The van der Waals surface area contributed by atoms with Gasteiger partial charge >= 0.3 is 11.9 Å². The average molecular weight is 838 g/mol. The summed E-state index contributed by atoms with van der Waals surface area (Å²) >= 11 is 9.54. The van der Waals surface area contributed by atoms with E-state index in [1.165, 1.54) is 12.1 Å². The second-order valence-electron chi connectivity index (χ2n) is 10.9. The summed E-state index contributed by atoms with van der Waals surface area (Å²) in [5.74, 6) is -1.84. The molecule has 5 rings (SSSR count). The van der Waals surface area contributed by atoms with Gasteiger partial charge in [0.05, 0.1) is 41.1 Å². The second-order valence-corrected chi connectivity index (χ2v) is 13.4. The maximum Gasteiger partial charge on any atom is 0.306 e. The number of aromatic nitrogens is 3. The summed E-state index contributed by atoms with van der Waals surface area (Å²) in [7, 11) is 0. The number of halogens is 5. The van der Waals surface area contributed by atoms with Crippen LogP contribution >= 0.6 is 47.8 Å². The second kappa shape index (κ2) is 20.0. The highest BCUT2D eigenvalue weighted by atomic mass is 79.9. The molecule has 252 valence electrons. The first-order chi connectivity index (χ1) is 21.7. The summed E-state index contributed by atoms with van der Waals surface area (Å²) in [5, 5.41) is 26.6. The minimum absolute atomic E-state index is 0.0125. The predicted molar refractivity (Wildman–Crippen MR) is 180 cm³/mol. The molecule has 46 heavy (non-hydrogen) atoms. The first kappa shape index (κ1) is 39.6. The number of ether oxygens (including phenoxy) is 1. The van der Waals surface area contributed by atoms with Crippen molar-refractivity contribution in [2.75, 3.05) is 0 Å². The Morgan fingerprint density at radius 1 is 0.696 bits per heavy atom. The molecule has 0 aliphatic heterocycles. The Morgan fingerprint density at radius 3 is 1.52 bits per heavy atom. The number of aliphatic hydroxyl groups is 1. The fraction of sp³-hybridized carbons (Fsp3) is 0.469. The molecule has 3 heterocycles. The topological polar surface area (TPSA) is 143 Å². The molecular weight excluding hydrogens is 800 g/mol. The number of carboxylic acids is 2. The number of hydrogen-bond acceptors (Lipinski definition) is 7. The van der Waals surface area contributed by atoms with Crippen LogP contribution in [-0.2, 0) is 9.59 Å². The highest BCUT2D eigenvalue weighted by Gasteiger charge is 2.28. The average Bonchev–Trinajstić information content (AvgIpc) is 3.00. The Hall–Kier alpha value is -2.55. The van der Waals surface area contributed by atoms with Gasteiger partial charge in [-0.15, -0.1) is 0 Å². The number of pyridine rings is 3. The Balaban J connectivity index is 0.000000226. The standard InChI is InChI=1S/C13H16BrNO3.C7H12O3.2C6H5BrFN/c1-8-11(5-6-12(14)15-8)18-10-4-2-3-9(7-10)13(16)17;8-6-3-1-2-5(4-6)7(9)10;2*1-4-5(8)2-3-6(7)9-4/h5-6,9-10H,2-4,7H2,1H3,(H,16,17);5-6,8H,1-4H2,(H,9,10);2*2-3H,1H3/t9-,10-;5-,6-;;/m00../s1. The molecule has 2 saturated carbocycles. The zero-order chi connectivity index (χ0) is 34.4. The van der Waals surface area contributed by atoms with Crippen molar-refractivity contribution >= 4 is 59.7 Å². The van der Waals surface area contributed by atoms with Crippen molar-refractivity contribution in [2.45, 2.75) is 84.3 Å². The molecule has 2 fully saturated rings. The van der Waals surface area contributed by atoms with Crippen LogP contribution in [-0.4, -0.2) is 54.4 Å². The predicted octanol–water partition coefficient (Wildman–Crippen LogP) is 8.38. The van der Waals surface area contributed by atoms with Crippen molar-refractivity contribution < 1.29 is 38.4 Å². The van der Waals surface area contributed by atoms with Crippen LogP contribution in [0, 0.1) is 44.2 Å². The van der Waals surface area contributed by atoms with Gasteiger partial charge in [0.25, 0.3) is 0 Å². The Labute approximate surface area is 292 Å². The van der Waals surface area contributed by atoms with Crippen molar-refractivity contribution in [2.24, 2.45) is 11.8 Å². The molecule has 4 atom stereocenters. The van der Waals surface area contributed by atoms with Crippen LogP contribution in [0.4, 0.5) is 8.78 Å². The smallest absolute Gasteiger partial charge is 0.306 e. The largest absolute Gasteiger partial charge is 0.489 e. The monoisotopic (exact) mass is 835 g/mol. The van der Waals surface area contributed by atoms with E-state index in [9.17, 15) is 18.4 Å². The molecule has 3 aromatic rings. The van der Waals surface area contributed by atoms with Crippen LogP contribution in [0.2, 0.25) is 0 Å². The molecule has 0 amide bonds. The van der Waals surface area contributed by atoms with Gasteiger partial charge in [0.1, 0.15) is 31.2 Å². The molecule has 3 aromatic heterocycles. The molecule has 0 radical (unpaired) electrons. The zero-order valence-electron chi connectivity index (χ0n) is 25.7. The van der Waals surface area contributed by atoms with E-state index in [1.807, 2.05) is 19.1 Å². The van der Waals surface area contributed by atoms with E-state index >= 15 is 0 Å². The lowest BCUT2D eigenvalue weighted by atomic mass is 9.87. The van der Waals surface area contributed by atoms with Crippen LogP contribution in [0.1, 0.15) is 68.4 Å². The number of carbonyl (C=O) groups is 2. The van der Waals surface area contributed by atoms with Gasteiger partial charge in [0.2, 0.25) is 0 Å². The Morgan fingerprint density at radius 2 is 1.13 bits per heavy atom. The number of aliphatic carboxylic acids is 2. The SMILES string of the molecule is Cc1nc(Br)ccc1F.Cc1nc(Br)ccc1F.Cc1nc(Br)ccc1O[C@H]1CCC[C@H](C(=O)O)C1.O=C(O)[C@H]1CCC[C@H](O)C1. The minimum atomic E-state index is -0.765. The molecule has 0 bridgehead atoms. The minimum Gasteiger partial charge on any atom is -0.489 e. The van der Waals surface area contributed by atoms with E-state index in [0.717, 1.165) is 54.6 Å². The first-order valence-corrected chi connectivity index (χ1v) is 17.0. The van der Waals surface area contributed by atoms with Crippen molar-refractivity contribution in [1.82, 2.24) is 15.0 Å². The summed E-state index contributed by atoms with van der Waals surface area (Å²) in [6.07, 6.45) is 5.56. The van der Waals surface area contributed by atoms with Gasteiger partial charge in [0.15, 0.2) is 0 Å². The number of rotatable bonds is 4. The zero-order valence-corrected chi connectivity index (χ0v) is 30.5. The molecule has 2 aliphatic carbocycles. The molecular formula is C32H38Br3F2N3O6. The van der Waals surface area contributed by atoms with Gasteiger partial charge in [-0.05, 0) is 150 Å². The molecule has 0 aromatic carbocycles. The summed E-state index contributed by atoms with van der Waals surface area (Å²) in [5.41, 5.74) is 1.66. The summed E-state index contributed by atoms with van der Waals surface area (Å²) in [6.45, 7) is 5.14. The maximum absolute atomic E-state index is 12.4. The summed E-state index contributed by atoms with van der Waals surface area (Å²) < 4.78 is 32.8. The number of aliphatic hydroxyl groups excluding tert-OH is 1. The van der Waals surface area contributed by atoms with E-state index in [4.69, 9.17) is 20.1 Å². The maximum atomic E-state index is 12.4. The van der Waals surface area contributed by atoms with Gasteiger partial charge in [-0.2, -0.15) is 0 Å². The van der Waals surface area contributed by atoms with Gasteiger partial charge < -0.3 is 20.1 Å². The van der Waals surface area contributed by atoms with Gasteiger partial charge in [-0.1, -0.05) is 6.42 Å². The van der Waals surface area contributed by atoms with Crippen LogP contribution < -0.4 is 4.74 Å². The van der Waals surface area contributed by atoms with Crippen LogP contribution in [0.5, 0.6) is 5.75 Å². The van der Waals surface area contributed by atoms with Crippen molar-refractivity contribution in [3.63, 3.8) is 0 Å². The lowest BCUT2D eigenvalue weighted by molar-refractivity contribution is -0.144. The van der Waals surface area contributed by atoms with Crippen LogP contribution in [0.3, 0.4) is 0 Å². The fourth-order valence-corrected chi connectivity index (χ4v) is 5.91. The third kappa shape index (κ3) is 14.5. The van der Waals surface area contributed by atoms with Gasteiger partial charge in [-0.3, -0.25) is 9.59 Å². The van der Waals surface area contributed by atoms with E-state index in [-0.39, 0.29) is 35.7 Å². The lowest BCUT2D eigenvalue weighted by Gasteiger charge is -2.27. The third-order valence-electron chi connectivity index (χ3n) is 7.24. The first-order valence-electron chi connectivity index (χ1n) is 14.7. The molecule has 0 unspecified atom stereocenters. The van der Waals surface area contributed by atoms with E-state index in [0.29, 0.717) is 33.4 Å².